The largest absolute Gasteiger partial charge is 0.489 e. The first-order valence-corrected chi connectivity index (χ1v) is 11.0. The zero-order valence-electron chi connectivity index (χ0n) is 18.6. The van der Waals surface area contributed by atoms with E-state index >= 15 is 0 Å². The van der Waals surface area contributed by atoms with Gasteiger partial charge in [0.15, 0.2) is 17.5 Å². The van der Waals surface area contributed by atoms with Crippen LogP contribution >= 0.6 is 0 Å². The van der Waals surface area contributed by atoms with Gasteiger partial charge in [0.1, 0.15) is 0 Å². The van der Waals surface area contributed by atoms with Crippen LogP contribution in [0.15, 0.2) is 103 Å². The Morgan fingerprint density at radius 3 is 1.89 bits per heavy atom. The molecule has 7 heteroatoms. The average Bonchev–Trinajstić information content (AvgIpc) is 2.93. The van der Waals surface area contributed by atoms with Crippen LogP contribution in [0.3, 0.4) is 0 Å². The van der Waals surface area contributed by atoms with Gasteiger partial charge in [0, 0.05) is 16.7 Å². The van der Waals surface area contributed by atoms with Crippen LogP contribution in [0, 0.1) is 11.3 Å². The minimum Gasteiger partial charge on any atom is -0.423 e. The lowest BCUT2D eigenvalue weighted by molar-refractivity contribution is 0.426. The summed E-state index contributed by atoms with van der Waals surface area (Å²) in [5.41, 5.74) is 4.97. The molecule has 0 aliphatic carbocycles. The summed E-state index contributed by atoms with van der Waals surface area (Å²) in [5.74, 6) is 1.30. The Morgan fingerprint density at radius 1 is 0.571 bits per heavy atom. The molecule has 0 unspecified atom stereocenters. The number of rotatable bonds is 5. The van der Waals surface area contributed by atoms with Gasteiger partial charge in [-0.3, -0.25) is 0 Å². The number of hydrogen-bond acceptors (Lipinski definition) is 6. The summed E-state index contributed by atoms with van der Waals surface area (Å²) in [7, 11) is -1.66. The molecule has 0 aliphatic rings. The van der Waals surface area contributed by atoms with E-state index < -0.39 is 7.12 Å². The van der Waals surface area contributed by atoms with Crippen molar-refractivity contribution in [2.45, 2.75) is 0 Å². The fraction of sp³-hybridized carbons (Fsp3) is 0. The molecule has 0 spiro atoms. The summed E-state index contributed by atoms with van der Waals surface area (Å²) in [6.07, 6.45) is 0. The number of hydrogen-bond donors (Lipinski definition) is 2. The highest BCUT2D eigenvalue weighted by molar-refractivity contribution is 6.60. The van der Waals surface area contributed by atoms with Gasteiger partial charge in [0.2, 0.25) is 0 Å². The number of nitrogens with zero attached hydrogens (tertiary/aromatic N) is 4. The first kappa shape index (κ1) is 22.2. The summed E-state index contributed by atoms with van der Waals surface area (Å²) >= 11 is 0. The second kappa shape index (κ2) is 9.70. The molecule has 0 bridgehead atoms. The summed E-state index contributed by atoms with van der Waals surface area (Å²) in [4.78, 5) is 14.1. The molecular formula is C28H19BN4O2. The summed E-state index contributed by atoms with van der Waals surface area (Å²) in [5, 5.41) is 28.9. The van der Waals surface area contributed by atoms with E-state index in [0.29, 0.717) is 34.1 Å². The lowest BCUT2D eigenvalue weighted by Crippen LogP contribution is -2.31. The van der Waals surface area contributed by atoms with Crippen LogP contribution in [0.25, 0.3) is 45.3 Å². The van der Waals surface area contributed by atoms with Crippen molar-refractivity contribution in [2.24, 2.45) is 0 Å². The Balaban J connectivity index is 1.67. The van der Waals surface area contributed by atoms with Crippen molar-refractivity contribution in [3.8, 4) is 51.4 Å². The van der Waals surface area contributed by atoms with E-state index in [-0.39, 0.29) is 0 Å². The molecule has 166 valence electrons. The van der Waals surface area contributed by atoms with Crippen LogP contribution in [0.5, 0.6) is 0 Å². The van der Waals surface area contributed by atoms with Crippen molar-refractivity contribution in [1.82, 2.24) is 15.0 Å². The summed E-state index contributed by atoms with van der Waals surface area (Å²) in [6.45, 7) is 0. The van der Waals surface area contributed by atoms with Gasteiger partial charge in [-0.05, 0) is 34.8 Å². The van der Waals surface area contributed by atoms with E-state index in [1.165, 1.54) is 0 Å². The molecule has 1 heterocycles. The lowest BCUT2D eigenvalue weighted by Gasteiger charge is -2.12. The Bertz CT molecular complexity index is 1530. The van der Waals surface area contributed by atoms with Crippen molar-refractivity contribution < 1.29 is 10.0 Å². The van der Waals surface area contributed by atoms with Crippen LogP contribution in [-0.2, 0) is 0 Å². The molecule has 0 aliphatic heterocycles. The van der Waals surface area contributed by atoms with E-state index in [4.69, 9.17) is 15.2 Å². The maximum atomic E-state index is 9.90. The van der Waals surface area contributed by atoms with Crippen LogP contribution < -0.4 is 5.46 Å². The second-order valence-corrected chi connectivity index (χ2v) is 7.90. The van der Waals surface area contributed by atoms with Gasteiger partial charge in [-0.25, -0.2) is 15.0 Å². The molecule has 4 aromatic carbocycles. The fourth-order valence-corrected chi connectivity index (χ4v) is 3.84. The fourth-order valence-electron chi connectivity index (χ4n) is 3.84. The predicted molar refractivity (Wildman–Crippen MR) is 136 cm³/mol. The van der Waals surface area contributed by atoms with Gasteiger partial charge in [0.05, 0.1) is 11.6 Å². The molecule has 5 aromatic rings. The molecule has 0 fully saturated rings. The highest BCUT2D eigenvalue weighted by Crippen LogP contribution is 2.28. The smallest absolute Gasteiger partial charge is 0.423 e. The maximum Gasteiger partial charge on any atom is 0.489 e. The van der Waals surface area contributed by atoms with Crippen molar-refractivity contribution >= 4 is 12.6 Å². The normalized spacial score (nSPS) is 10.5. The lowest BCUT2D eigenvalue weighted by atomic mass is 9.77. The predicted octanol–water partition coefficient (Wildman–Crippen LogP) is 4.09. The first-order valence-electron chi connectivity index (χ1n) is 11.0. The van der Waals surface area contributed by atoms with Gasteiger partial charge < -0.3 is 10.0 Å². The highest BCUT2D eigenvalue weighted by atomic mass is 16.4. The Labute approximate surface area is 203 Å². The number of nitriles is 1. The molecule has 0 saturated carbocycles. The third kappa shape index (κ3) is 4.70. The molecule has 2 N–H and O–H groups in total. The van der Waals surface area contributed by atoms with E-state index in [0.717, 1.165) is 22.3 Å². The van der Waals surface area contributed by atoms with Crippen LogP contribution in [0.2, 0.25) is 0 Å². The van der Waals surface area contributed by atoms with Crippen LogP contribution in [0.4, 0.5) is 0 Å². The molecule has 1 aromatic heterocycles. The van der Waals surface area contributed by atoms with Crippen molar-refractivity contribution in [2.75, 3.05) is 0 Å². The highest BCUT2D eigenvalue weighted by Gasteiger charge is 2.20. The molecule has 5 rings (SSSR count). The van der Waals surface area contributed by atoms with Crippen LogP contribution in [-0.4, -0.2) is 32.1 Å². The molecule has 0 radical (unpaired) electrons. The molecule has 0 atom stereocenters. The molecule has 0 saturated heterocycles. The summed E-state index contributed by atoms with van der Waals surface area (Å²) < 4.78 is 0. The van der Waals surface area contributed by atoms with E-state index in [9.17, 15) is 10.0 Å². The SMILES string of the molecule is N#Cc1ccc(-c2cccc(-c3nc(-c4ccccc4)nc(-c4ccccc4B(O)O)n3)c2)cc1. The zero-order valence-corrected chi connectivity index (χ0v) is 18.6. The topological polar surface area (TPSA) is 103 Å². The molecule has 6 nitrogen and oxygen atoms in total. The molecule has 35 heavy (non-hydrogen) atoms. The van der Waals surface area contributed by atoms with Gasteiger partial charge in [-0.15, -0.1) is 0 Å². The number of aromatic nitrogens is 3. The minimum atomic E-state index is -1.66. The Morgan fingerprint density at radius 2 is 1.17 bits per heavy atom. The van der Waals surface area contributed by atoms with Crippen molar-refractivity contribution in [3.05, 3.63) is 109 Å². The Kier molecular flexibility index (Phi) is 6.14. The first-order chi connectivity index (χ1) is 17.1. The standard InChI is InChI=1S/C28H19BN4O2/c30-18-19-13-15-20(16-14-19)22-9-6-10-23(17-22)27-31-26(21-7-2-1-3-8-21)32-28(33-27)24-11-4-5-12-25(24)29(34)35/h1-17,34-35H. The number of benzene rings is 4. The average molecular weight is 454 g/mol. The Hall–Kier alpha value is -4.64. The molecular weight excluding hydrogens is 435 g/mol. The van der Waals surface area contributed by atoms with Crippen LogP contribution in [0.1, 0.15) is 5.56 Å². The maximum absolute atomic E-state index is 9.90. The zero-order chi connectivity index (χ0) is 24.2. The van der Waals surface area contributed by atoms with Gasteiger partial charge >= 0.3 is 7.12 Å². The van der Waals surface area contributed by atoms with E-state index in [1.54, 1.807) is 36.4 Å². The quantitative estimate of drug-likeness (QED) is 0.388. The van der Waals surface area contributed by atoms with E-state index in [1.807, 2.05) is 66.7 Å². The third-order valence-corrected chi connectivity index (χ3v) is 5.62. The monoisotopic (exact) mass is 454 g/mol. The van der Waals surface area contributed by atoms with Crippen molar-refractivity contribution in [3.63, 3.8) is 0 Å². The second-order valence-electron chi connectivity index (χ2n) is 7.90. The minimum absolute atomic E-state index is 0.315. The van der Waals surface area contributed by atoms with Gasteiger partial charge in [-0.1, -0.05) is 84.9 Å². The van der Waals surface area contributed by atoms with Gasteiger partial charge in [0.25, 0.3) is 0 Å². The van der Waals surface area contributed by atoms with Gasteiger partial charge in [-0.2, -0.15) is 5.26 Å². The third-order valence-electron chi connectivity index (χ3n) is 5.62. The molecule has 0 amide bonds. The summed E-state index contributed by atoms with van der Waals surface area (Å²) in [6, 6.07) is 33.9. The van der Waals surface area contributed by atoms with E-state index in [2.05, 4.69) is 11.1 Å². The van der Waals surface area contributed by atoms with Crippen molar-refractivity contribution in [1.29, 1.82) is 5.26 Å².